The Hall–Kier alpha value is -0.540. The molecule has 0 aromatic carbocycles. The molecule has 0 unspecified atom stereocenters. The van der Waals surface area contributed by atoms with E-state index in [1.54, 1.807) is 0 Å². The smallest absolute Gasteiger partial charge is 0.151 e. The van der Waals surface area contributed by atoms with Crippen molar-refractivity contribution in [3.8, 4) is 0 Å². The van der Waals surface area contributed by atoms with Gasteiger partial charge in [-0.25, -0.2) is 0 Å². The van der Waals surface area contributed by atoms with Crippen molar-refractivity contribution in [3.63, 3.8) is 0 Å². The Bertz CT molecular complexity index is 247. The first-order chi connectivity index (χ1) is 6.31. The summed E-state index contributed by atoms with van der Waals surface area (Å²) in [6.45, 7) is 6.10. The first-order valence-electron chi connectivity index (χ1n) is 4.45. The lowest BCUT2D eigenvalue weighted by Gasteiger charge is -2.18. The summed E-state index contributed by atoms with van der Waals surface area (Å²) in [5, 5.41) is 8.07. The Morgan fingerprint density at radius 2 is 1.86 bits per heavy atom. The molecule has 0 saturated heterocycles. The fourth-order valence-electron chi connectivity index (χ4n) is 1.14. The summed E-state index contributed by atoms with van der Waals surface area (Å²) in [5.41, 5.74) is 0.817. The number of hydrogen-bond acceptors (Lipinski definition) is 3. The second kappa shape index (κ2) is 6.85. The molecule has 0 atom stereocenters. The molecule has 0 fully saturated rings. The lowest BCUT2D eigenvalue weighted by atomic mass is 10.4. The Morgan fingerprint density at radius 1 is 1.21 bits per heavy atom. The summed E-state index contributed by atoms with van der Waals surface area (Å²) in [6, 6.07) is 3.87. The Morgan fingerprint density at radius 3 is 2.21 bits per heavy atom. The number of alkyl halides is 1. The summed E-state index contributed by atoms with van der Waals surface area (Å²) < 4.78 is 0. The lowest BCUT2D eigenvalue weighted by Crippen LogP contribution is -2.23. The van der Waals surface area contributed by atoms with Crippen LogP contribution in [0.15, 0.2) is 12.1 Å². The van der Waals surface area contributed by atoms with E-state index in [0.29, 0.717) is 5.88 Å². The number of nitrogens with zero attached hydrogens (tertiary/aromatic N) is 3. The van der Waals surface area contributed by atoms with Gasteiger partial charge in [-0.15, -0.1) is 29.1 Å². The molecule has 0 amide bonds. The third kappa shape index (κ3) is 3.31. The van der Waals surface area contributed by atoms with Gasteiger partial charge in [-0.1, -0.05) is 0 Å². The van der Waals surface area contributed by atoms with Gasteiger partial charge in [0.25, 0.3) is 0 Å². The molecule has 0 radical (unpaired) electrons. The van der Waals surface area contributed by atoms with Gasteiger partial charge in [0.05, 0.1) is 11.6 Å². The van der Waals surface area contributed by atoms with Crippen LogP contribution >= 0.6 is 24.0 Å². The van der Waals surface area contributed by atoms with Gasteiger partial charge in [-0.2, -0.15) is 5.10 Å². The molecule has 3 nitrogen and oxygen atoms in total. The van der Waals surface area contributed by atoms with E-state index < -0.39 is 0 Å². The van der Waals surface area contributed by atoms with E-state index in [1.807, 2.05) is 12.1 Å². The van der Waals surface area contributed by atoms with Gasteiger partial charge in [0.15, 0.2) is 5.82 Å². The maximum absolute atomic E-state index is 5.61. The van der Waals surface area contributed by atoms with Gasteiger partial charge in [-0.3, -0.25) is 0 Å². The zero-order valence-corrected chi connectivity index (χ0v) is 9.98. The second-order valence-corrected chi connectivity index (χ2v) is 2.96. The number of anilines is 1. The van der Waals surface area contributed by atoms with Crippen molar-refractivity contribution < 1.29 is 0 Å². The molecule has 0 N–H and O–H groups in total. The molecule has 1 aromatic rings. The number of hydrogen-bond donors (Lipinski definition) is 0. The van der Waals surface area contributed by atoms with E-state index in [4.69, 9.17) is 11.6 Å². The summed E-state index contributed by atoms with van der Waals surface area (Å²) in [6.07, 6.45) is 0. The first-order valence-corrected chi connectivity index (χ1v) is 4.98. The van der Waals surface area contributed by atoms with E-state index in [9.17, 15) is 0 Å². The number of halogens is 2. The van der Waals surface area contributed by atoms with Crippen molar-refractivity contribution >= 4 is 29.8 Å². The molecule has 0 saturated carbocycles. The molecule has 5 heteroatoms. The van der Waals surface area contributed by atoms with Crippen molar-refractivity contribution in [2.45, 2.75) is 19.7 Å². The van der Waals surface area contributed by atoms with Crippen LogP contribution in [-0.4, -0.2) is 23.3 Å². The van der Waals surface area contributed by atoms with Crippen LogP contribution in [-0.2, 0) is 5.88 Å². The van der Waals surface area contributed by atoms with Gasteiger partial charge in [-0.05, 0) is 26.0 Å². The van der Waals surface area contributed by atoms with Crippen molar-refractivity contribution in [2.24, 2.45) is 0 Å². The van der Waals surface area contributed by atoms with Crippen LogP contribution in [0.5, 0.6) is 0 Å². The predicted molar refractivity (Wildman–Crippen MR) is 62.4 cm³/mol. The van der Waals surface area contributed by atoms with Crippen LogP contribution in [0, 0.1) is 0 Å². The summed E-state index contributed by atoms with van der Waals surface area (Å²) in [4.78, 5) is 2.14. The minimum Gasteiger partial charge on any atom is -0.356 e. The molecule has 1 heterocycles. The molecule has 14 heavy (non-hydrogen) atoms. The predicted octanol–water partition coefficient (Wildman–Crippen LogP) is 2.48. The first kappa shape index (κ1) is 13.5. The van der Waals surface area contributed by atoms with Gasteiger partial charge in [0.1, 0.15) is 0 Å². The van der Waals surface area contributed by atoms with Crippen molar-refractivity contribution in [3.05, 3.63) is 17.8 Å². The average Bonchev–Trinajstić information content (AvgIpc) is 2.21. The van der Waals surface area contributed by atoms with E-state index in [1.165, 1.54) is 0 Å². The van der Waals surface area contributed by atoms with E-state index in [2.05, 4.69) is 28.9 Å². The second-order valence-electron chi connectivity index (χ2n) is 2.69. The van der Waals surface area contributed by atoms with E-state index in [0.717, 1.165) is 24.6 Å². The third-order valence-electron chi connectivity index (χ3n) is 1.93. The number of aromatic nitrogens is 2. The van der Waals surface area contributed by atoms with Crippen LogP contribution in [0.4, 0.5) is 5.82 Å². The topological polar surface area (TPSA) is 29.0 Å². The van der Waals surface area contributed by atoms with Crippen LogP contribution < -0.4 is 4.90 Å². The van der Waals surface area contributed by atoms with Gasteiger partial charge in [0, 0.05) is 13.1 Å². The molecular weight excluding hydrogens is 221 g/mol. The molecule has 0 aliphatic heterocycles. The largest absolute Gasteiger partial charge is 0.356 e. The lowest BCUT2D eigenvalue weighted by molar-refractivity contribution is 0.817. The molecule has 80 valence electrons. The summed E-state index contributed by atoms with van der Waals surface area (Å²) >= 11 is 5.61. The molecule has 0 aliphatic rings. The van der Waals surface area contributed by atoms with Gasteiger partial charge in [0.2, 0.25) is 0 Å². The van der Waals surface area contributed by atoms with Crippen LogP contribution in [0.2, 0.25) is 0 Å². The fraction of sp³-hybridized carbons (Fsp3) is 0.556. The quantitative estimate of drug-likeness (QED) is 0.752. The molecular formula is C9H15Cl2N3. The van der Waals surface area contributed by atoms with Crippen molar-refractivity contribution in [1.29, 1.82) is 0 Å². The highest BCUT2D eigenvalue weighted by molar-refractivity contribution is 6.16. The third-order valence-corrected chi connectivity index (χ3v) is 2.20. The monoisotopic (exact) mass is 235 g/mol. The highest BCUT2D eigenvalue weighted by Gasteiger charge is 2.02. The van der Waals surface area contributed by atoms with Crippen LogP contribution in [0.25, 0.3) is 0 Å². The zero-order chi connectivity index (χ0) is 9.68. The highest BCUT2D eigenvalue weighted by Crippen LogP contribution is 2.09. The molecule has 1 rings (SSSR count). The minimum absolute atomic E-state index is 0. The SMILES string of the molecule is CCN(CC)c1ccc(CCl)nn1.Cl. The van der Waals surface area contributed by atoms with Crippen molar-refractivity contribution in [1.82, 2.24) is 10.2 Å². The normalized spacial score (nSPS) is 9.36. The van der Waals surface area contributed by atoms with Crippen LogP contribution in [0.3, 0.4) is 0 Å². The van der Waals surface area contributed by atoms with Crippen LogP contribution in [0.1, 0.15) is 19.5 Å². The summed E-state index contributed by atoms with van der Waals surface area (Å²) in [5.74, 6) is 1.34. The maximum atomic E-state index is 5.61. The Balaban J connectivity index is 0.00000169. The van der Waals surface area contributed by atoms with Gasteiger partial charge >= 0.3 is 0 Å². The average molecular weight is 236 g/mol. The Kier molecular flexibility index (Phi) is 6.58. The highest BCUT2D eigenvalue weighted by atomic mass is 35.5. The molecule has 1 aromatic heterocycles. The van der Waals surface area contributed by atoms with Crippen molar-refractivity contribution in [2.75, 3.05) is 18.0 Å². The zero-order valence-electron chi connectivity index (χ0n) is 8.40. The summed E-state index contributed by atoms with van der Waals surface area (Å²) in [7, 11) is 0. The molecule has 0 bridgehead atoms. The standard InChI is InChI=1S/C9H14ClN3.ClH/c1-3-13(4-2)9-6-5-8(7-10)11-12-9;/h5-6H,3-4,7H2,1-2H3;1H. The Labute approximate surface area is 95.9 Å². The minimum atomic E-state index is 0. The fourth-order valence-corrected chi connectivity index (χ4v) is 1.28. The van der Waals surface area contributed by atoms with Gasteiger partial charge < -0.3 is 4.90 Å². The number of rotatable bonds is 4. The maximum Gasteiger partial charge on any atom is 0.151 e. The molecule has 0 spiro atoms. The van der Waals surface area contributed by atoms with E-state index in [-0.39, 0.29) is 12.4 Å². The van der Waals surface area contributed by atoms with E-state index >= 15 is 0 Å². The molecule has 0 aliphatic carbocycles.